The molecule has 0 N–H and O–H groups in total. The zero-order valence-electron chi connectivity index (χ0n) is 14.3. The van der Waals surface area contributed by atoms with Gasteiger partial charge in [-0.25, -0.2) is 4.79 Å². The number of hydrogen-bond acceptors (Lipinski definition) is 5. The van der Waals surface area contributed by atoms with Crippen molar-refractivity contribution >= 4 is 16.2 Å². The number of carbonyl (C=O) groups is 1. The average Bonchev–Trinajstić information content (AvgIpc) is 2.60. The maximum atomic E-state index is 12.5. The lowest BCUT2D eigenvalue weighted by atomic mass is 10.1. The first kappa shape index (κ1) is 20.8. The number of allylic oxidation sites excluding steroid dienone is 1. The minimum absolute atomic E-state index is 0.0360. The van der Waals surface area contributed by atoms with E-state index in [1.54, 1.807) is 43.3 Å². The van der Waals surface area contributed by atoms with Crippen LogP contribution in [0.5, 0.6) is 0 Å². The Morgan fingerprint density at radius 1 is 1.30 bits per heavy atom. The maximum Gasteiger partial charge on any atom is 0.534 e. The summed E-state index contributed by atoms with van der Waals surface area (Å²) in [6.45, 7) is 1.55. The van der Waals surface area contributed by atoms with E-state index >= 15 is 0 Å². The molecular formula is C17H18F3NO5S. The lowest BCUT2D eigenvalue weighted by Crippen LogP contribution is -2.43. The minimum Gasteiger partial charge on any atom is -0.445 e. The molecule has 0 aromatic heterocycles. The second-order valence-electron chi connectivity index (χ2n) is 5.64. The molecule has 0 saturated heterocycles. The van der Waals surface area contributed by atoms with Gasteiger partial charge in [-0.1, -0.05) is 42.5 Å². The van der Waals surface area contributed by atoms with Crippen molar-refractivity contribution in [2.75, 3.05) is 6.54 Å². The molecule has 1 heterocycles. The molecule has 0 radical (unpaired) electrons. The first-order valence-corrected chi connectivity index (χ1v) is 9.35. The molecule has 0 spiro atoms. The summed E-state index contributed by atoms with van der Waals surface area (Å²) < 4.78 is 69.1. The Hall–Kier alpha value is -2.49. The second-order valence-corrected chi connectivity index (χ2v) is 7.18. The van der Waals surface area contributed by atoms with Crippen LogP contribution in [0.4, 0.5) is 18.0 Å². The van der Waals surface area contributed by atoms with E-state index in [4.69, 9.17) is 4.74 Å². The summed E-state index contributed by atoms with van der Waals surface area (Å²) in [4.78, 5) is 13.6. The summed E-state index contributed by atoms with van der Waals surface area (Å²) in [6, 6.07) is 8.27. The minimum atomic E-state index is -5.75. The highest BCUT2D eigenvalue weighted by atomic mass is 32.2. The summed E-state index contributed by atoms with van der Waals surface area (Å²) in [6.07, 6.45) is 3.38. The molecule has 6 nitrogen and oxygen atoms in total. The van der Waals surface area contributed by atoms with Crippen molar-refractivity contribution in [1.29, 1.82) is 0 Å². The van der Waals surface area contributed by atoms with Gasteiger partial charge in [0.15, 0.2) is 0 Å². The van der Waals surface area contributed by atoms with Crippen LogP contribution in [0.3, 0.4) is 0 Å². The molecule has 1 atom stereocenters. The number of halogens is 3. The number of hydrogen-bond donors (Lipinski definition) is 0. The molecule has 27 heavy (non-hydrogen) atoms. The average molecular weight is 405 g/mol. The van der Waals surface area contributed by atoms with E-state index in [1.807, 2.05) is 6.07 Å². The fourth-order valence-corrected chi connectivity index (χ4v) is 2.91. The Labute approximate surface area is 155 Å². The van der Waals surface area contributed by atoms with Crippen molar-refractivity contribution in [3.63, 3.8) is 0 Å². The number of ether oxygens (including phenoxy) is 1. The molecule has 148 valence electrons. The van der Waals surface area contributed by atoms with Crippen molar-refractivity contribution < 1.29 is 35.3 Å². The first-order valence-electron chi connectivity index (χ1n) is 7.94. The summed E-state index contributed by atoms with van der Waals surface area (Å²) in [5.74, 6) is -0.373. The van der Waals surface area contributed by atoms with E-state index in [-0.39, 0.29) is 25.3 Å². The standard InChI is InChI=1S/C17H18F3NO5S/c1-2-6-14-11-15(26-27(23,24)17(18,19)20)9-10-21(14)16(22)25-12-13-7-4-3-5-8-13/h2-9,14H,10-12H2,1H3/b6-2-/t14-/m0/s1. The van der Waals surface area contributed by atoms with Crippen molar-refractivity contribution in [2.24, 2.45) is 0 Å². The predicted octanol–water partition coefficient (Wildman–Crippen LogP) is 3.72. The number of carbonyl (C=O) groups excluding carboxylic acids is 1. The molecule has 0 aliphatic carbocycles. The highest BCUT2D eigenvalue weighted by Crippen LogP contribution is 2.30. The van der Waals surface area contributed by atoms with Crippen molar-refractivity contribution in [3.8, 4) is 0 Å². The quantitative estimate of drug-likeness (QED) is 0.424. The SMILES string of the molecule is C/C=C\[C@H]1CC(OS(=O)(=O)C(F)(F)F)=CCN1C(=O)OCc1ccccc1. The van der Waals surface area contributed by atoms with Gasteiger partial charge in [-0.15, -0.1) is 0 Å². The lowest BCUT2D eigenvalue weighted by molar-refractivity contribution is -0.0526. The van der Waals surface area contributed by atoms with E-state index < -0.39 is 27.8 Å². The topological polar surface area (TPSA) is 72.9 Å². The molecule has 1 amide bonds. The lowest BCUT2D eigenvalue weighted by Gasteiger charge is -2.32. The molecule has 1 aliphatic heterocycles. The zero-order valence-corrected chi connectivity index (χ0v) is 15.2. The van der Waals surface area contributed by atoms with Gasteiger partial charge >= 0.3 is 21.7 Å². The van der Waals surface area contributed by atoms with E-state index in [0.29, 0.717) is 0 Å². The summed E-state index contributed by atoms with van der Waals surface area (Å²) in [7, 11) is -5.75. The zero-order chi connectivity index (χ0) is 20.1. The number of nitrogens with zero attached hydrogens (tertiary/aromatic N) is 1. The maximum absolute atomic E-state index is 12.5. The molecule has 1 aliphatic rings. The molecule has 2 rings (SSSR count). The molecule has 0 bridgehead atoms. The molecule has 0 unspecified atom stereocenters. The Balaban J connectivity index is 2.07. The van der Waals surface area contributed by atoms with Crippen LogP contribution in [0.1, 0.15) is 18.9 Å². The van der Waals surface area contributed by atoms with Crippen LogP contribution in [0.15, 0.2) is 54.3 Å². The van der Waals surface area contributed by atoms with Crippen LogP contribution in [0, 0.1) is 0 Å². The number of alkyl halides is 3. The van der Waals surface area contributed by atoms with E-state index in [1.165, 1.54) is 4.90 Å². The van der Waals surface area contributed by atoms with Gasteiger partial charge in [-0.3, -0.25) is 4.90 Å². The monoisotopic (exact) mass is 405 g/mol. The molecule has 0 saturated carbocycles. The van der Waals surface area contributed by atoms with E-state index in [9.17, 15) is 26.4 Å². The molecule has 1 aromatic rings. The molecule has 10 heteroatoms. The van der Waals surface area contributed by atoms with Gasteiger partial charge in [0.05, 0.1) is 6.04 Å². The molecule has 1 aromatic carbocycles. The number of benzene rings is 1. The van der Waals surface area contributed by atoms with Crippen molar-refractivity contribution in [1.82, 2.24) is 4.90 Å². The highest BCUT2D eigenvalue weighted by molar-refractivity contribution is 7.87. The third-order valence-electron chi connectivity index (χ3n) is 3.68. The van der Waals surface area contributed by atoms with Crippen molar-refractivity contribution in [3.05, 3.63) is 59.9 Å². The predicted molar refractivity (Wildman–Crippen MR) is 90.7 cm³/mol. The van der Waals surface area contributed by atoms with Gasteiger partial charge in [0, 0.05) is 13.0 Å². The molecular weight excluding hydrogens is 387 g/mol. The Morgan fingerprint density at radius 3 is 2.56 bits per heavy atom. The van der Waals surface area contributed by atoms with Gasteiger partial charge in [0.2, 0.25) is 0 Å². The number of rotatable bonds is 5. The van der Waals surface area contributed by atoms with Crippen molar-refractivity contribution in [2.45, 2.75) is 31.5 Å². The van der Waals surface area contributed by atoms with Crippen LogP contribution in [0.2, 0.25) is 0 Å². The second kappa shape index (κ2) is 8.47. The van der Waals surface area contributed by atoms with Gasteiger partial charge in [0.1, 0.15) is 12.4 Å². The Bertz CT molecular complexity index is 819. The Morgan fingerprint density at radius 2 is 1.96 bits per heavy atom. The van der Waals surface area contributed by atoms with Crippen LogP contribution in [0.25, 0.3) is 0 Å². The fraction of sp³-hybridized carbons (Fsp3) is 0.353. The Kier molecular flexibility index (Phi) is 6.53. The van der Waals surface area contributed by atoms with Crippen LogP contribution in [-0.4, -0.2) is 37.5 Å². The van der Waals surface area contributed by atoms with Gasteiger partial charge in [0.25, 0.3) is 0 Å². The number of amides is 1. The third-order valence-corrected chi connectivity index (χ3v) is 4.68. The highest BCUT2D eigenvalue weighted by Gasteiger charge is 2.49. The van der Waals surface area contributed by atoms with Crippen LogP contribution in [-0.2, 0) is 25.6 Å². The van der Waals surface area contributed by atoms with Crippen LogP contribution < -0.4 is 0 Å². The smallest absolute Gasteiger partial charge is 0.445 e. The third kappa shape index (κ3) is 5.49. The normalized spacial score (nSPS) is 18.3. The summed E-state index contributed by atoms with van der Waals surface area (Å²) in [5.41, 5.74) is -4.74. The van der Waals surface area contributed by atoms with Crippen LogP contribution >= 0.6 is 0 Å². The summed E-state index contributed by atoms with van der Waals surface area (Å²) in [5, 5.41) is 0. The van der Waals surface area contributed by atoms with E-state index in [2.05, 4.69) is 4.18 Å². The van der Waals surface area contributed by atoms with Gasteiger partial charge < -0.3 is 8.92 Å². The van der Waals surface area contributed by atoms with Gasteiger partial charge in [-0.2, -0.15) is 21.6 Å². The largest absolute Gasteiger partial charge is 0.534 e. The van der Waals surface area contributed by atoms with E-state index in [0.717, 1.165) is 11.6 Å². The molecule has 0 fully saturated rings. The van der Waals surface area contributed by atoms with Gasteiger partial charge in [-0.05, 0) is 18.6 Å². The fourth-order valence-electron chi connectivity index (χ4n) is 2.40. The summed E-state index contributed by atoms with van der Waals surface area (Å²) >= 11 is 0. The first-order chi connectivity index (χ1) is 12.6.